The number of amides is 1. The van der Waals surface area contributed by atoms with E-state index in [0.29, 0.717) is 25.5 Å². The molecule has 7 nitrogen and oxygen atoms in total. The third-order valence-corrected chi connectivity index (χ3v) is 5.25. The Bertz CT molecular complexity index is 797. The van der Waals surface area contributed by atoms with E-state index in [2.05, 4.69) is 15.6 Å². The van der Waals surface area contributed by atoms with E-state index in [4.69, 9.17) is 17.3 Å². The van der Waals surface area contributed by atoms with Crippen LogP contribution in [0.5, 0.6) is 5.75 Å². The Morgan fingerprint density at radius 3 is 2.63 bits per heavy atom. The maximum absolute atomic E-state index is 12.5. The number of imidazole rings is 1. The van der Waals surface area contributed by atoms with E-state index in [0.717, 1.165) is 31.2 Å². The van der Waals surface area contributed by atoms with E-state index < -0.39 is 0 Å². The number of anilines is 1. The molecule has 0 unspecified atom stereocenters. The molecule has 146 valence electrons. The summed E-state index contributed by atoms with van der Waals surface area (Å²) < 4.78 is 1.76. The van der Waals surface area contributed by atoms with Crippen LogP contribution in [0, 0.1) is 0 Å². The quantitative estimate of drug-likeness (QED) is 0.580. The normalized spacial score (nSPS) is 15.7. The molecule has 0 spiro atoms. The van der Waals surface area contributed by atoms with Gasteiger partial charge in [0.1, 0.15) is 11.6 Å². The zero-order valence-electron chi connectivity index (χ0n) is 15.5. The number of carbonyl (C=O) groups excluding carboxylic acids is 1. The summed E-state index contributed by atoms with van der Waals surface area (Å²) in [6.45, 7) is 3.33. The van der Waals surface area contributed by atoms with Crippen molar-refractivity contribution in [3.63, 3.8) is 0 Å². The maximum Gasteiger partial charge on any atom is 0.273 e. The molecular formula is C19H26ClN5O2. The molecule has 1 amide bonds. The van der Waals surface area contributed by atoms with Gasteiger partial charge in [-0.1, -0.05) is 25.0 Å². The van der Waals surface area contributed by atoms with Gasteiger partial charge >= 0.3 is 0 Å². The lowest BCUT2D eigenvalue weighted by atomic mass is 9.99. The van der Waals surface area contributed by atoms with E-state index in [1.54, 1.807) is 16.7 Å². The number of hydrogen-bond donors (Lipinski definition) is 4. The second-order valence-electron chi connectivity index (χ2n) is 7.11. The number of aromatic nitrogens is 2. The summed E-state index contributed by atoms with van der Waals surface area (Å²) in [5.41, 5.74) is 7.38. The van der Waals surface area contributed by atoms with Crippen LogP contribution in [0.25, 0.3) is 0 Å². The molecular weight excluding hydrogens is 366 g/mol. The van der Waals surface area contributed by atoms with Crippen LogP contribution < -0.4 is 16.4 Å². The first-order chi connectivity index (χ1) is 12.9. The van der Waals surface area contributed by atoms with Crippen molar-refractivity contribution in [3.8, 4) is 5.75 Å². The minimum atomic E-state index is -0.279. The second kappa shape index (κ2) is 8.19. The van der Waals surface area contributed by atoms with Crippen LogP contribution in [0.2, 0.25) is 5.28 Å². The zero-order chi connectivity index (χ0) is 19.4. The smallest absolute Gasteiger partial charge is 0.273 e. The van der Waals surface area contributed by atoms with Crippen LogP contribution in [-0.4, -0.2) is 39.2 Å². The van der Waals surface area contributed by atoms with Crippen LogP contribution >= 0.6 is 11.6 Å². The number of phenols is 1. The van der Waals surface area contributed by atoms with Gasteiger partial charge in [-0.3, -0.25) is 9.36 Å². The summed E-state index contributed by atoms with van der Waals surface area (Å²) in [7, 11) is 0. The second-order valence-corrected chi connectivity index (χ2v) is 7.45. The number of hydrogen-bond acceptors (Lipinski definition) is 5. The molecule has 0 radical (unpaired) electrons. The van der Waals surface area contributed by atoms with Crippen molar-refractivity contribution in [2.24, 2.45) is 5.73 Å². The Labute approximate surface area is 163 Å². The topological polar surface area (TPSA) is 105 Å². The van der Waals surface area contributed by atoms with Crippen molar-refractivity contribution in [3.05, 3.63) is 40.8 Å². The lowest BCUT2D eigenvalue weighted by Gasteiger charge is -2.25. The van der Waals surface area contributed by atoms with E-state index in [-0.39, 0.29) is 28.2 Å². The standard InChI is InChI=1S/C19H26ClN5O2/c1-2-22-17(27)15-16(23-12-19(21)9-3-4-10-19)25(18(20)24-15)11-13-5-7-14(26)8-6-13/h5-8,23,26H,2-4,9-12,21H2,1H3,(H,22,27). The number of aromatic hydroxyl groups is 1. The molecule has 3 rings (SSSR count). The third-order valence-electron chi connectivity index (χ3n) is 4.96. The molecule has 1 aromatic heterocycles. The molecule has 1 fully saturated rings. The molecule has 0 atom stereocenters. The summed E-state index contributed by atoms with van der Waals surface area (Å²) in [6, 6.07) is 6.85. The average Bonchev–Trinajstić information content (AvgIpc) is 3.20. The van der Waals surface area contributed by atoms with Crippen molar-refractivity contribution in [2.45, 2.75) is 44.7 Å². The third kappa shape index (κ3) is 4.54. The first kappa shape index (κ1) is 19.5. The first-order valence-electron chi connectivity index (χ1n) is 9.27. The van der Waals surface area contributed by atoms with Crippen molar-refractivity contribution in [1.82, 2.24) is 14.9 Å². The Balaban J connectivity index is 1.90. The minimum Gasteiger partial charge on any atom is -0.508 e. The number of benzene rings is 1. The summed E-state index contributed by atoms with van der Waals surface area (Å²) in [4.78, 5) is 16.7. The van der Waals surface area contributed by atoms with Gasteiger partial charge < -0.3 is 21.5 Å². The molecule has 2 aromatic rings. The largest absolute Gasteiger partial charge is 0.508 e. The molecule has 0 bridgehead atoms. The summed E-state index contributed by atoms with van der Waals surface area (Å²) in [6.07, 6.45) is 4.15. The highest BCUT2D eigenvalue weighted by Crippen LogP contribution is 2.29. The van der Waals surface area contributed by atoms with Crippen LogP contribution in [-0.2, 0) is 6.54 Å². The Kier molecular flexibility index (Phi) is 5.92. The number of nitrogens with two attached hydrogens (primary N) is 1. The van der Waals surface area contributed by atoms with E-state index in [1.165, 1.54) is 0 Å². The zero-order valence-corrected chi connectivity index (χ0v) is 16.2. The minimum absolute atomic E-state index is 0.197. The molecule has 1 aliphatic rings. The Morgan fingerprint density at radius 2 is 2.00 bits per heavy atom. The van der Waals surface area contributed by atoms with Gasteiger partial charge in [0.25, 0.3) is 5.91 Å². The fraction of sp³-hybridized carbons (Fsp3) is 0.474. The number of nitrogens with zero attached hydrogens (tertiary/aromatic N) is 2. The maximum atomic E-state index is 12.5. The van der Waals surface area contributed by atoms with Gasteiger partial charge in [-0.05, 0) is 49.1 Å². The van der Waals surface area contributed by atoms with Crippen molar-refractivity contribution in [2.75, 3.05) is 18.4 Å². The van der Waals surface area contributed by atoms with Crippen LogP contribution in [0.3, 0.4) is 0 Å². The number of phenolic OH excluding ortho intramolecular Hbond substituents is 1. The van der Waals surface area contributed by atoms with E-state index >= 15 is 0 Å². The molecule has 27 heavy (non-hydrogen) atoms. The van der Waals surface area contributed by atoms with Gasteiger partial charge in [-0.2, -0.15) is 0 Å². The van der Waals surface area contributed by atoms with Gasteiger partial charge in [0, 0.05) is 18.6 Å². The van der Waals surface area contributed by atoms with Gasteiger partial charge in [0.2, 0.25) is 5.28 Å². The molecule has 5 N–H and O–H groups in total. The highest BCUT2D eigenvalue weighted by atomic mass is 35.5. The Morgan fingerprint density at radius 1 is 1.33 bits per heavy atom. The summed E-state index contributed by atoms with van der Waals surface area (Å²) >= 11 is 6.36. The molecule has 1 aliphatic carbocycles. The van der Waals surface area contributed by atoms with Gasteiger partial charge in [0.15, 0.2) is 5.69 Å². The van der Waals surface area contributed by atoms with E-state index in [9.17, 15) is 9.90 Å². The fourth-order valence-corrected chi connectivity index (χ4v) is 3.68. The van der Waals surface area contributed by atoms with Gasteiger partial charge in [0.05, 0.1) is 6.54 Å². The van der Waals surface area contributed by atoms with Crippen LogP contribution in [0.15, 0.2) is 24.3 Å². The SMILES string of the molecule is CCNC(=O)c1nc(Cl)n(Cc2ccc(O)cc2)c1NCC1(N)CCCC1. The van der Waals surface area contributed by atoms with Crippen molar-refractivity contribution >= 4 is 23.3 Å². The lowest BCUT2D eigenvalue weighted by Crippen LogP contribution is -2.44. The van der Waals surface area contributed by atoms with Crippen LogP contribution in [0.4, 0.5) is 5.82 Å². The van der Waals surface area contributed by atoms with Gasteiger partial charge in [-0.15, -0.1) is 0 Å². The Hall–Kier alpha value is -2.25. The lowest BCUT2D eigenvalue weighted by molar-refractivity contribution is 0.0952. The summed E-state index contributed by atoms with van der Waals surface area (Å²) in [5.74, 6) is 0.489. The molecule has 1 aromatic carbocycles. The molecule has 0 aliphatic heterocycles. The predicted molar refractivity (Wildman–Crippen MR) is 106 cm³/mol. The molecule has 1 saturated carbocycles. The molecule has 0 saturated heterocycles. The monoisotopic (exact) mass is 391 g/mol. The van der Waals surface area contributed by atoms with Crippen LogP contribution in [0.1, 0.15) is 48.7 Å². The first-order valence-corrected chi connectivity index (χ1v) is 9.64. The number of nitrogens with one attached hydrogen (secondary N) is 2. The highest BCUT2D eigenvalue weighted by Gasteiger charge is 2.30. The highest BCUT2D eigenvalue weighted by molar-refractivity contribution is 6.29. The van der Waals surface area contributed by atoms with Crippen molar-refractivity contribution in [1.29, 1.82) is 0 Å². The molecule has 1 heterocycles. The number of rotatable bonds is 7. The average molecular weight is 392 g/mol. The number of carbonyl (C=O) groups is 1. The summed E-state index contributed by atoms with van der Waals surface area (Å²) in [5, 5.41) is 15.8. The van der Waals surface area contributed by atoms with Gasteiger partial charge in [-0.25, -0.2) is 4.98 Å². The molecule has 8 heteroatoms. The predicted octanol–water partition coefficient (Wildman–Crippen LogP) is 2.72. The number of halogens is 1. The van der Waals surface area contributed by atoms with E-state index in [1.807, 2.05) is 19.1 Å². The fourth-order valence-electron chi connectivity index (χ4n) is 3.45. The van der Waals surface area contributed by atoms with Crippen molar-refractivity contribution < 1.29 is 9.90 Å².